The van der Waals surface area contributed by atoms with Crippen LogP contribution in [-0.2, 0) is 14.2 Å². The van der Waals surface area contributed by atoms with Crippen molar-refractivity contribution in [2.24, 2.45) is 5.73 Å². The maximum atomic E-state index is 6.40. The number of hydrogen-bond donors (Lipinski definition) is 1. The van der Waals surface area contributed by atoms with Gasteiger partial charge in [0.1, 0.15) is 0 Å². The summed E-state index contributed by atoms with van der Waals surface area (Å²) in [6.45, 7) is 5.72. The summed E-state index contributed by atoms with van der Waals surface area (Å²) in [7, 11) is 3.45. The Morgan fingerprint density at radius 3 is 2.12 bits per heavy atom. The van der Waals surface area contributed by atoms with Gasteiger partial charge in [-0.25, -0.2) is 0 Å². The molecule has 5 heteroatoms. The fraction of sp³-hybridized carbons (Fsp3) is 1.00. The molecule has 0 amide bonds. The molecule has 2 N–H and O–H groups in total. The van der Waals surface area contributed by atoms with Crippen molar-refractivity contribution in [3.05, 3.63) is 0 Å². The third-order valence-electron chi connectivity index (χ3n) is 3.25. The zero-order chi connectivity index (χ0) is 12.6. The van der Waals surface area contributed by atoms with Crippen LogP contribution in [0.25, 0.3) is 0 Å². The Balaban J connectivity index is 2.38. The first-order valence-electron chi connectivity index (χ1n) is 6.27. The van der Waals surface area contributed by atoms with Gasteiger partial charge in [-0.15, -0.1) is 0 Å². The summed E-state index contributed by atoms with van der Waals surface area (Å²) in [6, 6.07) is 0. The molecule has 1 fully saturated rings. The molecular weight excluding hydrogens is 220 g/mol. The van der Waals surface area contributed by atoms with Crippen LogP contribution in [0.4, 0.5) is 0 Å². The zero-order valence-corrected chi connectivity index (χ0v) is 11.1. The quantitative estimate of drug-likeness (QED) is 0.658. The van der Waals surface area contributed by atoms with Gasteiger partial charge in [-0.05, 0) is 12.8 Å². The lowest BCUT2D eigenvalue weighted by Crippen LogP contribution is -2.54. The van der Waals surface area contributed by atoms with E-state index in [9.17, 15) is 0 Å². The topological polar surface area (TPSA) is 57.0 Å². The number of nitrogens with zero attached hydrogens (tertiary/aromatic N) is 1. The molecule has 1 heterocycles. The Labute approximate surface area is 104 Å². The van der Waals surface area contributed by atoms with Crippen molar-refractivity contribution in [3.8, 4) is 0 Å². The summed E-state index contributed by atoms with van der Waals surface area (Å²) < 4.78 is 15.6. The number of rotatable bonds is 8. The first kappa shape index (κ1) is 14.9. The van der Waals surface area contributed by atoms with Crippen LogP contribution in [0.1, 0.15) is 12.8 Å². The Morgan fingerprint density at radius 1 is 1.12 bits per heavy atom. The fourth-order valence-electron chi connectivity index (χ4n) is 2.09. The Morgan fingerprint density at radius 2 is 1.65 bits per heavy atom. The predicted molar refractivity (Wildman–Crippen MR) is 67.2 cm³/mol. The van der Waals surface area contributed by atoms with Crippen molar-refractivity contribution < 1.29 is 14.2 Å². The average molecular weight is 246 g/mol. The lowest BCUT2D eigenvalue weighted by molar-refractivity contribution is 0.0286. The maximum absolute atomic E-state index is 6.40. The molecule has 5 nitrogen and oxygen atoms in total. The minimum atomic E-state index is -0.111. The molecule has 0 spiro atoms. The van der Waals surface area contributed by atoms with Crippen molar-refractivity contribution in [3.63, 3.8) is 0 Å². The molecule has 0 unspecified atom stereocenters. The van der Waals surface area contributed by atoms with Crippen molar-refractivity contribution in [2.75, 3.05) is 60.3 Å². The third-order valence-corrected chi connectivity index (χ3v) is 3.25. The van der Waals surface area contributed by atoms with Gasteiger partial charge in [0.15, 0.2) is 0 Å². The molecule has 0 saturated carbocycles. The zero-order valence-electron chi connectivity index (χ0n) is 11.1. The lowest BCUT2D eigenvalue weighted by Gasteiger charge is -2.38. The molecule has 0 aromatic carbocycles. The van der Waals surface area contributed by atoms with Gasteiger partial charge in [-0.1, -0.05) is 0 Å². The number of hydrogen-bond acceptors (Lipinski definition) is 5. The molecular formula is C12H26N2O3. The van der Waals surface area contributed by atoms with Crippen molar-refractivity contribution in [1.82, 2.24) is 4.90 Å². The van der Waals surface area contributed by atoms with Gasteiger partial charge in [0.05, 0.1) is 13.2 Å². The smallest absolute Gasteiger partial charge is 0.0589 e. The van der Waals surface area contributed by atoms with E-state index in [4.69, 9.17) is 19.9 Å². The van der Waals surface area contributed by atoms with Crippen LogP contribution in [-0.4, -0.2) is 70.7 Å². The summed E-state index contributed by atoms with van der Waals surface area (Å²) >= 11 is 0. The molecule has 1 saturated heterocycles. The number of methoxy groups -OCH3 is 2. The van der Waals surface area contributed by atoms with Gasteiger partial charge >= 0.3 is 0 Å². The first-order valence-corrected chi connectivity index (χ1v) is 6.27. The minimum Gasteiger partial charge on any atom is -0.383 e. The van der Waals surface area contributed by atoms with E-state index in [-0.39, 0.29) is 5.54 Å². The summed E-state index contributed by atoms with van der Waals surface area (Å²) in [6.07, 6.45) is 1.87. The van der Waals surface area contributed by atoms with Gasteiger partial charge < -0.3 is 19.9 Å². The molecule has 0 radical (unpaired) electrons. The predicted octanol–water partition coefficient (Wildman–Crippen LogP) is 0.0891. The van der Waals surface area contributed by atoms with Gasteiger partial charge in [0, 0.05) is 52.6 Å². The normalized spacial score (nSPS) is 19.8. The molecule has 1 aliphatic rings. The second kappa shape index (κ2) is 8.00. The summed E-state index contributed by atoms with van der Waals surface area (Å²) in [5, 5.41) is 0. The number of ether oxygens (including phenoxy) is 3. The molecule has 0 aliphatic carbocycles. The van der Waals surface area contributed by atoms with E-state index in [1.165, 1.54) is 0 Å². The molecule has 1 rings (SSSR count). The molecule has 1 aliphatic heterocycles. The molecule has 102 valence electrons. The van der Waals surface area contributed by atoms with Crippen LogP contribution in [0.5, 0.6) is 0 Å². The molecule has 0 atom stereocenters. The highest BCUT2D eigenvalue weighted by Crippen LogP contribution is 2.18. The van der Waals surface area contributed by atoms with E-state index in [1.54, 1.807) is 14.2 Å². The van der Waals surface area contributed by atoms with E-state index in [0.717, 1.165) is 58.9 Å². The minimum absolute atomic E-state index is 0.111. The van der Waals surface area contributed by atoms with Crippen LogP contribution >= 0.6 is 0 Å². The standard InChI is InChI=1S/C12H26N2O3/c1-15-9-5-14(6-10-16-2)11-12(13)3-7-17-8-4-12/h3-11,13H2,1-2H3. The second-order valence-corrected chi connectivity index (χ2v) is 4.74. The molecule has 0 aromatic heterocycles. The maximum Gasteiger partial charge on any atom is 0.0589 e. The second-order valence-electron chi connectivity index (χ2n) is 4.74. The largest absolute Gasteiger partial charge is 0.383 e. The summed E-state index contributed by atoms with van der Waals surface area (Å²) in [4.78, 5) is 2.32. The van der Waals surface area contributed by atoms with Crippen LogP contribution in [0.15, 0.2) is 0 Å². The Kier molecular flexibility index (Phi) is 6.99. The van der Waals surface area contributed by atoms with Crippen LogP contribution in [0.2, 0.25) is 0 Å². The van der Waals surface area contributed by atoms with Gasteiger partial charge in [0.2, 0.25) is 0 Å². The molecule has 17 heavy (non-hydrogen) atoms. The van der Waals surface area contributed by atoms with Crippen LogP contribution in [0, 0.1) is 0 Å². The third kappa shape index (κ3) is 5.79. The van der Waals surface area contributed by atoms with E-state index >= 15 is 0 Å². The van der Waals surface area contributed by atoms with Crippen molar-refractivity contribution in [1.29, 1.82) is 0 Å². The van der Waals surface area contributed by atoms with Gasteiger partial charge in [-0.2, -0.15) is 0 Å². The van der Waals surface area contributed by atoms with E-state index in [2.05, 4.69) is 4.90 Å². The van der Waals surface area contributed by atoms with Gasteiger partial charge in [-0.3, -0.25) is 4.90 Å². The van der Waals surface area contributed by atoms with Crippen molar-refractivity contribution in [2.45, 2.75) is 18.4 Å². The van der Waals surface area contributed by atoms with Crippen molar-refractivity contribution >= 4 is 0 Å². The number of nitrogens with two attached hydrogens (primary N) is 1. The fourth-order valence-corrected chi connectivity index (χ4v) is 2.09. The van der Waals surface area contributed by atoms with Gasteiger partial charge in [0.25, 0.3) is 0 Å². The van der Waals surface area contributed by atoms with E-state index in [0.29, 0.717) is 0 Å². The average Bonchev–Trinajstić information content (AvgIpc) is 2.33. The highest BCUT2D eigenvalue weighted by molar-refractivity contribution is 4.89. The van der Waals surface area contributed by atoms with E-state index in [1.807, 2.05) is 0 Å². The van der Waals surface area contributed by atoms with Crippen LogP contribution in [0.3, 0.4) is 0 Å². The highest BCUT2D eigenvalue weighted by atomic mass is 16.5. The molecule has 0 bridgehead atoms. The molecule has 0 aromatic rings. The summed E-state index contributed by atoms with van der Waals surface area (Å²) in [5.74, 6) is 0. The lowest BCUT2D eigenvalue weighted by atomic mass is 9.90. The first-order chi connectivity index (χ1) is 8.20. The Bertz CT molecular complexity index is 188. The van der Waals surface area contributed by atoms with Crippen LogP contribution < -0.4 is 5.73 Å². The highest BCUT2D eigenvalue weighted by Gasteiger charge is 2.29. The summed E-state index contributed by atoms with van der Waals surface area (Å²) in [5.41, 5.74) is 6.29. The SMILES string of the molecule is COCCN(CCOC)CC1(N)CCOCC1. The Hall–Kier alpha value is -0.200. The van der Waals surface area contributed by atoms with E-state index < -0.39 is 0 Å². The monoisotopic (exact) mass is 246 g/mol.